The van der Waals surface area contributed by atoms with Gasteiger partial charge >= 0.3 is 5.97 Å². The summed E-state index contributed by atoms with van der Waals surface area (Å²) in [4.78, 5) is 14.4. The maximum absolute atomic E-state index is 13.0. The molecule has 0 spiro atoms. The number of halogens is 1. The van der Waals surface area contributed by atoms with Gasteiger partial charge in [-0.15, -0.1) is 0 Å². The Hall–Kier alpha value is -2.43. The molecule has 0 atom stereocenters. The molecular weight excluding hydrogens is 225 g/mol. The number of aromatic nitrogens is 1. The molecule has 4 nitrogen and oxygen atoms in total. The van der Waals surface area contributed by atoms with Gasteiger partial charge in [0.15, 0.2) is 0 Å². The van der Waals surface area contributed by atoms with E-state index in [1.807, 2.05) is 0 Å². The fourth-order valence-corrected chi connectivity index (χ4v) is 1.45. The van der Waals surface area contributed by atoms with E-state index in [0.717, 1.165) is 12.1 Å². The number of benzene rings is 1. The summed E-state index contributed by atoms with van der Waals surface area (Å²) in [6, 6.07) is 6.25. The van der Waals surface area contributed by atoms with Crippen LogP contribution in [0.1, 0.15) is 10.5 Å². The van der Waals surface area contributed by atoms with Gasteiger partial charge in [-0.25, -0.2) is 14.2 Å². The largest absolute Gasteiger partial charge is 0.507 e. The van der Waals surface area contributed by atoms with Crippen LogP contribution in [0.3, 0.4) is 0 Å². The lowest BCUT2D eigenvalue weighted by molar-refractivity contribution is 0.0690. The van der Waals surface area contributed by atoms with Crippen molar-refractivity contribution in [3.05, 3.63) is 48.0 Å². The average molecular weight is 233 g/mol. The van der Waals surface area contributed by atoms with E-state index in [1.54, 1.807) is 0 Å². The fourth-order valence-electron chi connectivity index (χ4n) is 1.45. The van der Waals surface area contributed by atoms with Crippen LogP contribution >= 0.6 is 0 Å². The summed E-state index contributed by atoms with van der Waals surface area (Å²) in [6.07, 6.45) is 1.29. The molecular formula is C12H8FNO3. The SMILES string of the molecule is O=C(O)c1cc(-c2cc(F)ccc2O)ccn1. The molecule has 0 aliphatic carbocycles. The topological polar surface area (TPSA) is 70.4 Å². The molecule has 2 aromatic rings. The average Bonchev–Trinajstić information content (AvgIpc) is 2.32. The van der Waals surface area contributed by atoms with Gasteiger partial charge in [0, 0.05) is 11.8 Å². The first-order valence-corrected chi connectivity index (χ1v) is 4.76. The molecule has 0 bridgehead atoms. The van der Waals surface area contributed by atoms with Crippen molar-refractivity contribution in [2.45, 2.75) is 0 Å². The van der Waals surface area contributed by atoms with Gasteiger partial charge in [0.05, 0.1) is 0 Å². The maximum atomic E-state index is 13.0. The molecule has 0 saturated carbocycles. The Kier molecular flexibility index (Phi) is 2.74. The van der Waals surface area contributed by atoms with Crippen LogP contribution in [-0.2, 0) is 0 Å². The van der Waals surface area contributed by atoms with Gasteiger partial charge in [-0.3, -0.25) is 0 Å². The highest BCUT2D eigenvalue weighted by atomic mass is 19.1. The number of pyridine rings is 1. The number of phenolic OH excluding ortho intramolecular Hbond substituents is 1. The van der Waals surface area contributed by atoms with Crippen LogP contribution in [0.2, 0.25) is 0 Å². The first-order valence-electron chi connectivity index (χ1n) is 4.76. The summed E-state index contributed by atoms with van der Waals surface area (Å²) < 4.78 is 13.0. The van der Waals surface area contributed by atoms with Gasteiger partial charge in [-0.2, -0.15) is 0 Å². The van der Waals surface area contributed by atoms with E-state index in [1.165, 1.54) is 24.4 Å². The Morgan fingerprint density at radius 3 is 2.71 bits per heavy atom. The highest BCUT2D eigenvalue weighted by Crippen LogP contribution is 2.29. The Balaban J connectivity index is 2.56. The molecule has 17 heavy (non-hydrogen) atoms. The van der Waals surface area contributed by atoms with Crippen molar-refractivity contribution in [2.24, 2.45) is 0 Å². The molecule has 2 rings (SSSR count). The second-order valence-electron chi connectivity index (χ2n) is 3.40. The molecule has 5 heteroatoms. The van der Waals surface area contributed by atoms with Gasteiger partial charge in [0.1, 0.15) is 17.3 Å². The fraction of sp³-hybridized carbons (Fsp3) is 0. The van der Waals surface area contributed by atoms with Crippen LogP contribution in [0.4, 0.5) is 4.39 Å². The predicted octanol–water partition coefficient (Wildman–Crippen LogP) is 2.29. The lowest BCUT2D eigenvalue weighted by atomic mass is 10.0. The minimum Gasteiger partial charge on any atom is -0.507 e. The number of aromatic hydroxyl groups is 1. The van der Waals surface area contributed by atoms with Crippen molar-refractivity contribution in [1.82, 2.24) is 4.98 Å². The molecule has 0 aliphatic rings. The molecule has 0 radical (unpaired) electrons. The lowest BCUT2D eigenvalue weighted by Crippen LogP contribution is -1.99. The number of rotatable bonds is 2. The highest BCUT2D eigenvalue weighted by molar-refractivity contribution is 5.87. The van der Waals surface area contributed by atoms with Crippen LogP contribution in [0.5, 0.6) is 5.75 Å². The van der Waals surface area contributed by atoms with E-state index >= 15 is 0 Å². The summed E-state index contributed by atoms with van der Waals surface area (Å²) in [5.41, 5.74) is 0.468. The predicted molar refractivity (Wildman–Crippen MR) is 58.3 cm³/mol. The lowest BCUT2D eigenvalue weighted by Gasteiger charge is -2.05. The number of hydrogen-bond donors (Lipinski definition) is 2. The molecule has 86 valence electrons. The summed E-state index contributed by atoms with van der Waals surface area (Å²) in [5, 5.41) is 18.4. The van der Waals surface area contributed by atoms with Gasteiger partial charge in [-0.05, 0) is 35.9 Å². The zero-order chi connectivity index (χ0) is 12.4. The first-order chi connectivity index (χ1) is 8.08. The van der Waals surface area contributed by atoms with Crippen LogP contribution in [0.25, 0.3) is 11.1 Å². The summed E-state index contributed by atoms with van der Waals surface area (Å²) >= 11 is 0. The zero-order valence-electron chi connectivity index (χ0n) is 8.59. The van der Waals surface area contributed by atoms with Crippen LogP contribution in [-0.4, -0.2) is 21.2 Å². The quantitative estimate of drug-likeness (QED) is 0.834. The normalized spacial score (nSPS) is 10.2. The molecule has 0 aliphatic heterocycles. The van der Waals surface area contributed by atoms with Crippen LogP contribution < -0.4 is 0 Å². The minimum atomic E-state index is -1.18. The van der Waals surface area contributed by atoms with Crippen molar-refractivity contribution < 1.29 is 19.4 Å². The zero-order valence-corrected chi connectivity index (χ0v) is 8.59. The van der Waals surface area contributed by atoms with Crippen LogP contribution in [0.15, 0.2) is 36.5 Å². The number of carbonyl (C=O) groups is 1. The van der Waals surface area contributed by atoms with Crippen LogP contribution in [0, 0.1) is 5.82 Å². The van der Waals surface area contributed by atoms with Crippen molar-refractivity contribution in [1.29, 1.82) is 0 Å². The van der Waals surface area contributed by atoms with E-state index < -0.39 is 11.8 Å². The standard InChI is InChI=1S/C12H8FNO3/c13-8-1-2-11(15)9(6-8)7-3-4-14-10(5-7)12(16)17/h1-6,15H,(H,16,17). The van der Waals surface area contributed by atoms with Crippen molar-refractivity contribution in [3.63, 3.8) is 0 Å². The van der Waals surface area contributed by atoms with Crippen molar-refractivity contribution in [2.75, 3.05) is 0 Å². The molecule has 0 fully saturated rings. The Morgan fingerprint density at radius 2 is 2.00 bits per heavy atom. The third kappa shape index (κ3) is 2.23. The maximum Gasteiger partial charge on any atom is 0.354 e. The Bertz CT molecular complexity index is 584. The summed E-state index contributed by atoms with van der Waals surface area (Å²) in [7, 11) is 0. The first kappa shape index (κ1) is 11.1. The van der Waals surface area contributed by atoms with E-state index in [4.69, 9.17) is 5.11 Å². The van der Waals surface area contributed by atoms with E-state index in [-0.39, 0.29) is 17.0 Å². The van der Waals surface area contributed by atoms with Gasteiger partial charge < -0.3 is 10.2 Å². The molecule has 0 saturated heterocycles. The number of phenols is 1. The summed E-state index contributed by atoms with van der Waals surface area (Å²) in [6.45, 7) is 0. The van der Waals surface area contributed by atoms with Gasteiger partial charge in [-0.1, -0.05) is 0 Å². The number of nitrogens with zero attached hydrogens (tertiary/aromatic N) is 1. The number of carboxylic acids is 1. The van der Waals surface area contributed by atoms with Gasteiger partial charge in [0.2, 0.25) is 0 Å². The Morgan fingerprint density at radius 1 is 1.24 bits per heavy atom. The smallest absolute Gasteiger partial charge is 0.354 e. The molecule has 1 aromatic heterocycles. The monoisotopic (exact) mass is 233 g/mol. The van der Waals surface area contributed by atoms with Crippen molar-refractivity contribution in [3.8, 4) is 16.9 Å². The van der Waals surface area contributed by atoms with Gasteiger partial charge in [0.25, 0.3) is 0 Å². The van der Waals surface area contributed by atoms with E-state index in [2.05, 4.69) is 4.98 Å². The number of aromatic carboxylic acids is 1. The second-order valence-corrected chi connectivity index (χ2v) is 3.40. The molecule has 1 aromatic carbocycles. The van der Waals surface area contributed by atoms with E-state index in [0.29, 0.717) is 5.56 Å². The van der Waals surface area contributed by atoms with E-state index in [9.17, 15) is 14.3 Å². The third-order valence-electron chi connectivity index (χ3n) is 2.25. The molecule has 2 N–H and O–H groups in total. The molecule has 0 unspecified atom stereocenters. The second kappa shape index (κ2) is 4.21. The minimum absolute atomic E-state index is 0.117. The Labute approximate surface area is 96.0 Å². The van der Waals surface area contributed by atoms with Crippen molar-refractivity contribution >= 4 is 5.97 Å². The summed E-state index contributed by atoms with van der Waals surface area (Å²) in [5.74, 6) is -1.80. The highest BCUT2D eigenvalue weighted by Gasteiger charge is 2.10. The number of carboxylic acid groups (broad SMARTS) is 1. The molecule has 1 heterocycles. The third-order valence-corrected chi connectivity index (χ3v) is 2.25. The number of hydrogen-bond acceptors (Lipinski definition) is 3. The molecule has 0 amide bonds.